The number of rotatable bonds is 4. The van der Waals surface area contributed by atoms with E-state index in [0.717, 1.165) is 79.0 Å². The van der Waals surface area contributed by atoms with E-state index in [0.29, 0.717) is 0 Å². The number of likely N-dealkylation sites (tertiary alicyclic amines) is 1. The third-order valence-electron chi connectivity index (χ3n) is 6.05. The molecule has 7 nitrogen and oxygen atoms in total. The second-order valence-electron chi connectivity index (χ2n) is 8.44. The summed E-state index contributed by atoms with van der Waals surface area (Å²) in [6.45, 7) is 5.49. The average molecular weight is 415 g/mol. The number of aryl methyl sites for hydroxylation is 2. The normalized spacial score (nSPS) is 19.9. The first kappa shape index (κ1) is 20.2. The zero-order valence-electron chi connectivity index (χ0n) is 17.3. The monoisotopic (exact) mass is 414 g/mol. The van der Waals surface area contributed by atoms with E-state index in [1.807, 2.05) is 31.0 Å². The van der Waals surface area contributed by atoms with Gasteiger partial charge in [0.25, 0.3) is 0 Å². The van der Waals surface area contributed by atoms with Crippen LogP contribution in [0.3, 0.4) is 0 Å². The summed E-state index contributed by atoms with van der Waals surface area (Å²) >= 11 is 1.61. The fraction of sp³-hybridized carbons (Fsp3) is 0.619. The molecule has 1 saturated heterocycles. The number of amides is 1. The third-order valence-corrected chi connectivity index (χ3v) is 6.88. The Morgan fingerprint density at radius 3 is 2.59 bits per heavy atom. The van der Waals surface area contributed by atoms with Gasteiger partial charge in [-0.05, 0) is 39.5 Å². The Balaban J connectivity index is 1.41. The number of hydrogen-bond donors (Lipinski definition) is 2. The molecule has 8 heteroatoms. The van der Waals surface area contributed by atoms with E-state index in [1.54, 1.807) is 11.3 Å². The Morgan fingerprint density at radius 1 is 1.21 bits per heavy atom. The summed E-state index contributed by atoms with van der Waals surface area (Å²) in [5.41, 5.74) is 6.76. The minimum atomic E-state index is -0.645. The number of hydrogen-bond acceptors (Lipinski definition) is 7. The highest BCUT2D eigenvalue weighted by Crippen LogP contribution is 2.32. The Morgan fingerprint density at radius 2 is 1.93 bits per heavy atom. The molecule has 0 bridgehead atoms. The largest absolute Gasteiger partial charge is 0.341 e. The van der Waals surface area contributed by atoms with Crippen molar-refractivity contribution in [2.75, 3.05) is 18.4 Å². The topological polar surface area (TPSA) is 97.0 Å². The van der Waals surface area contributed by atoms with Gasteiger partial charge in [0, 0.05) is 41.8 Å². The summed E-state index contributed by atoms with van der Waals surface area (Å²) in [4.78, 5) is 29.9. The van der Waals surface area contributed by atoms with Crippen molar-refractivity contribution in [1.82, 2.24) is 19.9 Å². The number of carbonyl (C=O) groups excluding carboxylic acids is 1. The lowest BCUT2D eigenvalue weighted by Crippen LogP contribution is -2.57. The number of piperidine rings is 1. The number of thiazole rings is 1. The smallest absolute Gasteiger partial charge is 0.242 e. The summed E-state index contributed by atoms with van der Waals surface area (Å²) < 4.78 is 0. The lowest BCUT2D eigenvalue weighted by molar-refractivity contribution is -0.139. The molecule has 1 aliphatic heterocycles. The van der Waals surface area contributed by atoms with Crippen LogP contribution >= 0.6 is 11.3 Å². The van der Waals surface area contributed by atoms with Gasteiger partial charge in [-0.2, -0.15) is 0 Å². The molecule has 1 saturated carbocycles. The van der Waals surface area contributed by atoms with Crippen molar-refractivity contribution in [3.63, 3.8) is 0 Å². The fourth-order valence-corrected chi connectivity index (χ4v) is 5.08. The highest BCUT2D eigenvalue weighted by Gasteiger charge is 2.39. The molecule has 29 heavy (non-hydrogen) atoms. The van der Waals surface area contributed by atoms with Gasteiger partial charge in [0.1, 0.15) is 11.6 Å². The molecular formula is C21H30N6OS. The van der Waals surface area contributed by atoms with E-state index in [1.165, 1.54) is 6.42 Å². The number of anilines is 2. The molecule has 2 aliphatic rings. The van der Waals surface area contributed by atoms with E-state index < -0.39 is 5.54 Å². The predicted octanol–water partition coefficient (Wildman–Crippen LogP) is 3.66. The highest BCUT2D eigenvalue weighted by molar-refractivity contribution is 7.15. The molecule has 4 rings (SSSR count). The second kappa shape index (κ2) is 8.36. The van der Waals surface area contributed by atoms with Crippen LogP contribution in [0.5, 0.6) is 0 Å². The SMILES string of the molecule is Cc1cc(Nc2ncc(C)s2)nc(C2CCN(C(=O)C3(N)CCCCC3)CC2)n1. The molecule has 0 unspecified atom stereocenters. The minimum Gasteiger partial charge on any atom is -0.341 e. The maximum Gasteiger partial charge on any atom is 0.242 e. The molecule has 2 aromatic heterocycles. The number of carbonyl (C=O) groups is 1. The summed E-state index contributed by atoms with van der Waals surface area (Å²) in [5, 5.41) is 4.14. The molecule has 2 fully saturated rings. The van der Waals surface area contributed by atoms with Crippen LogP contribution in [-0.4, -0.2) is 44.4 Å². The van der Waals surface area contributed by atoms with Gasteiger partial charge in [-0.15, -0.1) is 11.3 Å². The number of nitrogens with zero attached hydrogens (tertiary/aromatic N) is 4. The maximum absolute atomic E-state index is 13.0. The van der Waals surface area contributed by atoms with E-state index in [-0.39, 0.29) is 11.8 Å². The van der Waals surface area contributed by atoms with Crippen LogP contribution < -0.4 is 11.1 Å². The van der Waals surface area contributed by atoms with Crippen molar-refractivity contribution in [1.29, 1.82) is 0 Å². The van der Waals surface area contributed by atoms with E-state index in [2.05, 4.69) is 15.3 Å². The lowest BCUT2D eigenvalue weighted by Gasteiger charge is -2.39. The van der Waals surface area contributed by atoms with E-state index >= 15 is 0 Å². The molecular weight excluding hydrogens is 384 g/mol. The van der Waals surface area contributed by atoms with Gasteiger partial charge in [0.05, 0.1) is 5.54 Å². The minimum absolute atomic E-state index is 0.141. The average Bonchev–Trinajstić information content (AvgIpc) is 3.12. The number of nitrogens with one attached hydrogen (secondary N) is 1. The first-order valence-electron chi connectivity index (χ1n) is 10.6. The summed E-state index contributed by atoms with van der Waals surface area (Å²) in [6.07, 6.45) is 8.55. The van der Waals surface area contributed by atoms with Crippen LogP contribution in [0, 0.1) is 13.8 Å². The Hall–Kier alpha value is -2.06. The molecule has 0 aromatic carbocycles. The van der Waals surface area contributed by atoms with Gasteiger partial charge in [0.2, 0.25) is 5.91 Å². The molecule has 156 valence electrons. The van der Waals surface area contributed by atoms with E-state index in [9.17, 15) is 4.79 Å². The van der Waals surface area contributed by atoms with Crippen molar-refractivity contribution in [3.8, 4) is 0 Å². The van der Waals surface area contributed by atoms with Crippen LogP contribution in [0.2, 0.25) is 0 Å². The van der Waals surface area contributed by atoms with Gasteiger partial charge in [-0.3, -0.25) is 4.79 Å². The van der Waals surface area contributed by atoms with Gasteiger partial charge in [-0.25, -0.2) is 15.0 Å². The van der Waals surface area contributed by atoms with Crippen LogP contribution in [0.4, 0.5) is 10.9 Å². The van der Waals surface area contributed by atoms with E-state index in [4.69, 9.17) is 10.7 Å². The van der Waals surface area contributed by atoms with Crippen molar-refractivity contribution in [3.05, 3.63) is 28.7 Å². The van der Waals surface area contributed by atoms with Gasteiger partial charge >= 0.3 is 0 Å². The van der Waals surface area contributed by atoms with Gasteiger partial charge < -0.3 is 16.0 Å². The predicted molar refractivity (Wildman–Crippen MR) is 115 cm³/mol. The highest BCUT2D eigenvalue weighted by atomic mass is 32.1. The Bertz CT molecular complexity index is 868. The maximum atomic E-state index is 13.0. The summed E-state index contributed by atoms with van der Waals surface area (Å²) in [5.74, 6) is 2.04. The molecule has 1 amide bonds. The zero-order valence-corrected chi connectivity index (χ0v) is 18.1. The zero-order chi connectivity index (χ0) is 20.4. The Kier molecular flexibility index (Phi) is 5.83. The lowest BCUT2D eigenvalue weighted by atomic mass is 9.81. The Labute approximate surface area is 176 Å². The van der Waals surface area contributed by atoms with Crippen LogP contribution in [0.25, 0.3) is 0 Å². The van der Waals surface area contributed by atoms with Crippen molar-refractivity contribution >= 4 is 28.2 Å². The van der Waals surface area contributed by atoms with Crippen LogP contribution in [0.15, 0.2) is 12.3 Å². The van der Waals surface area contributed by atoms with Crippen molar-refractivity contribution < 1.29 is 4.79 Å². The van der Waals surface area contributed by atoms with Crippen molar-refractivity contribution in [2.24, 2.45) is 5.73 Å². The molecule has 1 aliphatic carbocycles. The van der Waals surface area contributed by atoms with Crippen LogP contribution in [0.1, 0.15) is 67.3 Å². The van der Waals surface area contributed by atoms with Gasteiger partial charge in [-0.1, -0.05) is 19.3 Å². The standard InChI is InChI=1S/C21H30N6OS/c1-14-12-17(26-20-23-13-15(2)29-20)25-18(24-14)16-6-10-27(11-7-16)19(28)21(22)8-4-3-5-9-21/h12-13,16H,3-11,22H2,1-2H3,(H,23,24,25,26). The summed E-state index contributed by atoms with van der Waals surface area (Å²) in [6, 6.07) is 1.94. The van der Waals surface area contributed by atoms with Crippen LogP contribution in [-0.2, 0) is 4.79 Å². The quantitative estimate of drug-likeness (QED) is 0.792. The molecule has 0 radical (unpaired) electrons. The fourth-order valence-electron chi connectivity index (χ4n) is 4.41. The summed E-state index contributed by atoms with van der Waals surface area (Å²) in [7, 11) is 0. The second-order valence-corrected chi connectivity index (χ2v) is 9.67. The third kappa shape index (κ3) is 4.59. The molecule has 2 aromatic rings. The molecule has 3 heterocycles. The molecule has 0 spiro atoms. The molecule has 0 atom stereocenters. The number of aromatic nitrogens is 3. The molecule has 3 N–H and O–H groups in total. The first-order chi connectivity index (χ1) is 13.9. The number of nitrogens with two attached hydrogens (primary N) is 1. The first-order valence-corrected chi connectivity index (χ1v) is 11.4. The van der Waals surface area contributed by atoms with Gasteiger partial charge in [0.15, 0.2) is 5.13 Å². The van der Waals surface area contributed by atoms with Crippen molar-refractivity contribution in [2.45, 2.75) is 70.3 Å².